The quantitative estimate of drug-likeness (QED) is 0.175. The number of benzene rings is 1. The van der Waals surface area contributed by atoms with Gasteiger partial charge >= 0.3 is 18.1 Å². The first-order valence-electron chi connectivity index (χ1n) is 15.0. The maximum atomic E-state index is 13.6. The molecule has 6 N–H and O–H groups in total. The van der Waals surface area contributed by atoms with Crippen molar-refractivity contribution in [1.29, 1.82) is 0 Å². The number of carboxylic acids is 1. The Kier molecular flexibility index (Phi) is 15.1. The number of carbonyl (C=O) groups excluding carboxylic acids is 4. The highest BCUT2D eigenvalue weighted by atomic mass is 16.6. The molecular formula is C31H52N6O7. The monoisotopic (exact) mass is 620 g/mol. The molecule has 0 spiro atoms. The van der Waals surface area contributed by atoms with Crippen LogP contribution >= 0.6 is 0 Å². The molecule has 0 heterocycles. The molecule has 0 aliphatic heterocycles. The normalized spacial score (nSPS) is 13.6. The molecule has 0 aliphatic carbocycles. The van der Waals surface area contributed by atoms with Crippen LogP contribution in [0.5, 0.6) is 0 Å². The molecule has 0 bridgehead atoms. The number of alkyl carbamates (subject to hydrolysis) is 1. The summed E-state index contributed by atoms with van der Waals surface area (Å²) in [5, 5.41) is 17.4. The minimum absolute atomic E-state index is 0.0385. The molecule has 1 aromatic carbocycles. The van der Waals surface area contributed by atoms with Gasteiger partial charge in [0.1, 0.15) is 23.7 Å². The first-order valence-corrected chi connectivity index (χ1v) is 15.0. The van der Waals surface area contributed by atoms with Crippen LogP contribution in [0.25, 0.3) is 0 Å². The molecule has 0 unspecified atom stereocenters. The fourth-order valence-electron chi connectivity index (χ4n) is 4.68. The Hall–Kier alpha value is -3.87. The second-order valence-electron chi connectivity index (χ2n) is 12.7. The van der Waals surface area contributed by atoms with E-state index in [1.165, 1.54) is 4.90 Å². The predicted octanol–water partition coefficient (Wildman–Crippen LogP) is 2.72. The number of nitrogens with one attached hydrogen (secondary N) is 3. The van der Waals surface area contributed by atoms with Gasteiger partial charge < -0.3 is 36.4 Å². The Morgan fingerprint density at radius 1 is 0.955 bits per heavy atom. The number of nitrogens with two attached hydrogens (primary N) is 1. The minimum atomic E-state index is -0.957. The van der Waals surface area contributed by atoms with E-state index in [0.29, 0.717) is 25.1 Å². The number of ether oxygens (including phenoxy) is 1. The van der Waals surface area contributed by atoms with Crippen LogP contribution in [0.4, 0.5) is 15.3 Å². The summed E-state index contributed by atoms with van der Waals surface area (Å²) in [7, 11) is 3.39. The second-order valence-corrected chi connectivity index (χ2v) is 12.7. The summed E-state index contributed by atoms with van der Waals surface area (Å²) in [5.41, 5.74) is 5.97. The molecule has 0 saturated heterocycles. The number of anilines is 1. The number of urea groups is 1. The second kappa shape index (κ2) is 17.4. The molecule has 13 nitrogen and oxygen atoms in total. The zero-order valence-electron chi connectivity index (χ0n) is 27.6. The molecule has 44 heavy (non-hydrogen) atoms. The van der Waals surface area contributed by atoms with Gasteiger partial charge in [-0.3, -0.25) is 19.3 Å². The summed E-state index contributed by atoms with van der Waals surface area (Å²) in [6.45, 7) is 13.2. The van der Waals surface area contributed by atoms with Gasteiger partial charge in [-0.1, -0.05) is 39.8 Å². The smallest absolute Gasteiger partial charge is 0.408 e. The molecule has 0 radical (unpaired) electrons. The van der Waals surface area contributed by atoms with Crippen molar-refractivity contribution in [2.24, 2.45) is 17.6 Å². The Bertz CT molecular complexity index is 1120. The first-order chi connectivity index (χ1) is 20.3. The Morgan fingerprint density at radius 3 is 2.02 bits per heavy atom. The van der Waals surface area contributed by atoms with Gasteiger partial charge in [-0.25, -0.2) is 9.59 Å². The van der Waals surface area contributed by atoms with E-state index in [-0.39, 0.29) is 30.7 Å². The number of carboxylic acid groups (broad SMARTS) is 1. The largest absolute Gasteiger partial charge is 0.480 e. The zero-order valence-corrected chi connectivity index (χ0v) is 27.6. The number of aliphatic carboxylic acids is 1. The molecule has 5 amide bonds. The van der Waals surface area contributed by atoms with E-state index in [0.717, 1.165) is 5.56 Å². The SMILES string of the molecule is CC(C)[C@H](NC(=O)OC(C)(C)C)C(=O)N[C@@H](CCCNC(N)=O)C(=O)N(C)c1ccc(CCN(C)[C@H](C(=O)O)C(C)C)cc1. The molecule has 1 rings (SSSR count). The van der Waals surface area contributed by atoms with E-state index in [9.17, 15) is 29.1 Å². The van der Waals surface area contributed by atoms with Crippen LogP contribution in [0.3, 0.4) is 0 Å². The fourth-order valence-corrected chi connectivity index (χ4v) is 4.68. The van der Waals surface area contributed by atoms with Crippen molar-refractivity contribution in [3.8, 4) is 0 Å². The van der Waals surface area contributed by atoms with Crippen LogP contribution in [0.15, 0.2) is 24.3 Å². The summed E-state index contributed by atoms with van der Waals surface area (Å²) in [6, 6.07) is 4.15. The number of hydrogen-bond donors (Lipinski definition) is 5. The lowest BCUT2D eigenvalue weighted by atomic mass is 10.0. The molecule has 0 aliphatic rings. The highest BCUT2D eigenvalue weighted by molar-refractivity contribution is 5.99. The van der Waals surface area contributed by atoms with Gasteiger partial charge in [0.05, 0.1) is 0 Å². The van der Waals surface area contributed by atoms with E-state index < -0.39 is 47.7 Å². The maximum absolute atomic E-state index is 13.6. The van der Waals surface area contributed by atoms with Gasteiger partial charge in [-0.05, 0) is 76.6 Å². The van der Waals surface area contributed by atoms with Crippen LogP contribution in [0, 0.1) is 11.8 Å². The lowest BCUT2D eigenvalue weighted by Gasteiger charge is -2.29. The summed E-state index contributed by atoms with van der Waals surface area (Å²) in [6.07, 6.45) is 0.445. The number of rotatable bonds is 16. The third-order valence-electron chi connectivity index (χ3n) is 6.97. The minimum Gasteiger partial charge on any atom is -0.480 e. The highest BCUT2D eigenvalue weighted by Crippen LogP contribution is 2.18. The number of likely N-dealkylation sites (N-methyl/N-ethyl adjacent to an activating group) is 2. The number of hydrogen-bond acceptors (Lipinski definition) is 7. The molecule has 0 aromatic heterocycles. The van der Waals surface area contributed by atoms with E-state index in [2.05, 4.69) is 16.0 Å². The van der Waals surface area contributed by atoms with E-state index in [1.54, 1.807) is 60.8 Å². The van der Waals surface area contributed by atoms with Crippen molar-refractivity contribution < 1.29 is 33.8 Å². The van der Waals surface area contributed by atoms with E-state index >= 15 is 0 Å². The number of amides is 5. The predicted molar refractivity (Wildman–Crippen MR) is 169 cm³/mol. The fraction of sp³-hybridized carbons (Fsp3) is 0.645. The van der Waals surface area contributed by atoms with Gasteiger partial charge in [0, 0.05) is 25.8 Å². The Balaban J connectivity index is 3.05. The van der Waals surface area contributed by atoms with E-state index in [4.69, 9.17) is 10.5 Å². The van der Waals surface area contributed by atoms with Crippen molar-refractivity contribution in [2.45, 2.75) is 91.5 Å². The highest BCUT2D eigenvalue weighted by Gasteiger charge is 2.32. The Labute approximate surface area is 261 Å². The summed E-state index contributed by atoms with van der Waals surface area (Å²) < 4.78 is 5.31. The van der Waals surface area contributed by atoms with Crippen molar-refractivity contribution in [1.82, 2.24) is 20.9 Å². The molecule has 3 atom stereocenters. The molecular weight excluding hydrogens is 568 g/mol. The number of primary amides is 1. The molecule has 248 valence electrons. The van der Waals surface area contributed by atoms with Crippen LogP contribution in [0.1, 0.15) is 66.9 Å². The van der Waals surface area contributed by atoms with Crippen molar-refractivity contribution in [3.05, 3.63) is 29.8 Å². The van der Waals surface area contributed by atoms with Gasteiger partial charge in [0.25, 0.3) is 0 Å². The first kappa shape index (κ1) is 38.2. The number of carbonyl (C=O) groups is 5. The standard InChI is InChI=1S/C31H52N6O7/c1-19(2)24(35-30(43)44-31(5,6)7)26(38)34-23(11-10-17-33-29(32)42)27(39)37(9)22-14-12-21(13-15-22)16-18-36(8)25(20(3)4)28(40)41/h12-15,19-20,23-25H,10-11,16-18H2,1-9H3,(H,34,38)(H,35,43)(H,40,41)(H3,32,33,42)/t23-,24-,25-/m0/s1. The van der Waals surface area contributed by atoms with E-state index in [1.807, 2.05) is 30.9 Å². The van der Waals surface area contributed by atoms with Crippen LogP contribution < -0.4 is 26.6 Å². The van der Waals surface area contributed by atoms with Gasteiger partial charge in [-0.15, -0.1) is 0 Å². The molecule has 13 heteroatoms. The van der Waals surface area contributed by atoms with Crippen molar-refractivity contribution in [2.75, 3.05) is 32.1 Å². The van der Waals surface area contributed by atoms with Gasteiger partial charge in [-0.2, -0.15) is 0 Å². The summed E-state index contributed by atoms with van der Waals surface area (Å²) >= 11 is 0. The lowest BCUT2D eigenvalue weighted by Crippen LogP contribution is -2.56. The molecule has 1 aromatic rings. The van der Waals surface area contributed by atoms with Crippen molar-refractivity contribution >= 4 is 35.6 Å². The summed E-state index contributed by atoms with van der Waals surface area (Å²) in [4.78, 5) is 65.3. The topological polar surface area (TPSA) is 183 Å². The van der Waals surface area contributed by atoms with Crippen LogP contribution in [-0.2, 0) is 25.5 Å². The third kappa shape index (κ3) is 13.2. The number of nitrogens with zero attached hydrogens (tertiary/aromatic N) is 2. The van der Waals surface area contributed by atoms with Gasteiger partial charge in [0.15, 0.2) is 0 Å². The lowest BCUT2D eigenvalue weighted by molar-refractivity contribution is -0.144. The van der Waals surface area contributed by atoms with Crippen LogP contribution in [-0.4, -0.2) is 90.8 Å². The van der Waals surface area contributed by atoms with Gasteiger partial charge in [0.2, 0.25) is 11.8 Å². The molecule has 0 saturated carbocycles. The average Bonchev–Trinajstić information content (AvgIpc) is 2.89. The van der Waals surface area contributed by atoms with Crippen LogP contribution in [0.2, 0.25) is 0 Å². The Morgan fingerprint density at radius 2 is 1.55 bits per heavy atom. The zero-order chi connectivity index (χ0) is 33.8. The average molecular weight is 621 g/mol. The third-order valence-corrected chi connectivity index (χ3v) is 6.97. The van der Waals surface area contributed by atoms with Crippen molar-refractivity contribution in [3.63, 3.8) is 0 Å². The molecule has 0 fully saturated rings. The maximum Gasteiger partial charge on any atom is 0.408 e. The summed E-state index contributed by atoms with van der Waals surface area (Å²) in [5.74, 6) is -2.12.